The van der Waals surface area contributed by atoms with Crippen molar-refractivity contribution in [3.63, 3.8) is 0 Å². The van der Waals surface area contributed by atoms with E-state index in [0.717, 1.165) is 12.0 Å². The van der Waals surface area contributed by atoms with Crippen LogP contribution in [-0.4, -0.2) is 36.6 Å². The lowest BCUT2D eigenvalue weighted by Gasteiger charge is -2.26. The summed E-state index contributed by atoms with van der Waals surface area (Å²) in [4.78, 5) is 14.4. The van der Waals surface area contributed by atoms with E-state index in [4.69, 9.17) is 10.5 Å². The number of ether oxygens (including phenoxy) is 1. The Morgan fingerprint density at radius 3 is 2.74 bits per heavy atom. The van der Waals surface area contributed by atoms with Crippen molar-refractivity contribution in [2.24, 2.45) is 11.7 Å². The van der Waals surface area contributed by atoms with E-state index in [2.05, 4.69) is 0 Å². The van der Waals surface area contributed by atoms with Gasteiger partial charge in [-0.05, 0) is 18.9 Å². The maximum absolute atomic E-state index is 12.5. The molecule has 4 nitrogen and oxygen atoms in total. The minimum atomic E-state index is -0.0183. The van der Waals surface area contributed by atoms with Crippen molar-refractivity contribution in [2.45, 2.75) is 26.0 Å². The fraction of sp³-hybridized carbons (Fsp3) is 0.533. The summed E-state index contributed by atoms with van der Waals surface area (Å²) in [5.41, 5.74) is 6.76. The van der Waals surface area contributed by atoms with Crippen molar-refractivity contribution in [3.8, 4) is 0 Å². The van der Waals surface area contributed by atoms with Crippen LogP contribution in [0.1, 0.15) is 18.9 Å². The summed E-state index contributed by atoms with van der Waals surface area (Å²) in [5, 5.41) is 0. The molecule has 1 aromatic carbocycles. The quantitative estimate of drug-likeness (QED) is 0.872. The van der Waals surface area contributed by atoms with Crippen molar-refractivity contribution in [1.29, 1.82) is 0 Å². The highest BCUT2D eigenvalue weighted by molar-refractivity contribution is 5.79. The predicted molar refractivity (Wildman–Crippen MR) is 74.4 cm³/mol. The van der Waals surface area contributed by atoms with Crippen molar-refractivity contribution in [2.75, 3.05) is 19.7 Å². The van der Waals surface area contributed by atoms with Crippen LogP contribution in [0.5, 0.6) is 0 Å². The van der Waals surface area contributed by atoms with E-state index in [1.54, 1.807) is 0 Å². The third-order valence-electron chi connectivity index (χ3n) is 3.62. The summed E-state index contributed by atoms with van der Waals surface area (Å²) in [6, 6.07) is 10.0. The van der Waals surface area contributed by atoms with Gasteiger partial charge in [-0.25, -0.2) is 0 Å². The van der Waals surface area contributed by atoms with Gasteiger partial charge in [-0.1, -0.05) is 30.3 Å². The topological polar surface area (TPSA) is 55.6 Å². The number of hydrogen-bond acceptors (Lipinski definition) is 3. The van der Waals surface area contributed by atoms with Crippen LogP contribution in [0, 0.1) is 5.92 Å². The Balaban J connectivity index is 2.04. The van der Waals surface area contributed by atoms with Gasteiger partial charge in [0.1, 0.15) is 0 Å². The van der Waals surface area contributed by atoms with Gasteiger partial charge in [-0.3, -0.25) is 4.79 Å². The fourth-order valence-corrected chi connectivity index (χ4v) is 2.52. The van der Waals surface area contributed by atoms with Gasteiger partial charge < -0.3 is 15.4 Å². The van der Waals surface area contributed by atoms with Gasteiger partial charge in [-0.15, -0.1) is 0 Å². The molecule has 1 amide bonds. The molecule has 19 heavy (non-hydrogen) atoms. The van der Waals surface area contributed by atoms with Gasteiger partial charge in [0.25, 0.3) is 0 Å². The monoisotopic (exact) mass is 262 g/mol. The second-order valence-electron chi connectivity index (χ2n) is 5.01. The number of benzene rings is 1. The lowest BCUT2D eigenvalue weighted by Crippen LogP contribution is -2.40. The summed E-state index contributed by atoms with van der Waals surface area (Å²) in [6.45, 7) is 4.36. The Hall–Kier alpha value is -1.39. The number of hydrogen-bond donors (Lipinski definition) is 1. The highest BCUT2D eigenvalue weighted by Gasteiger charge is 2.33. The second-order valence-corrected chi connectivity index (χ2v) is 5.01. The van der Waals surface area contributed by atoms with E-state index in [1.165, 1.54) is 0 Å². The van der Waals surface area contributed by atoms with Crippen molar-refractivity contribution in [1.82, 2.24) is 4.90 Å². The van der Waals surface area contributed by atoms with E-state index in [9.17, 15) is 4.79 Å². The van der Waals surface area contributed by atoms with Crippen LogP contribution in [0.15, 0.2) is 30.3 Å². The number of nitrogens with two attached hydrogens (primary N) is 1. The lowest BCUT2D eigenvalue weighted by molar-refractivity contribution is -0.137. The molecule has 104 valence electrons. The first-order chi connectivity index (χ1) is 9.22. The second kappa shape index (κ2) is 6.68. The van der Waals surface area contributed by atoms with E-state index < -0.39 is 0 Å². The Kier molecular flexibility index (Phi) is 4.93. The van der Waals surface area contributed by atoms with Gasteiger partial charge in [0, 0.05) is 26.2 Å². The van der Waals surface area contributed by atoms with Crippen LogP contribution in [-0.2, 0) is 16.1 Å². The molecule has 1 aliphatic rings. The molecule has 2 N–H and O–H groups in total. The smallest absolute Gasteiger partial charge is 0.228 e. The van der Waals surface area contributed by atoms with Gasteiger partial charge in [-0.2, -0.15) is 0 Å². The molecule has 0 spiro atoms. The molecular formula is C15H22N2O2. The molecule has 0 aliphatic carbocycles. The third-order valence-corrected chi connectivity index (χ3v) is 3.62. The molecule has 2 atom stereocenters. The summed E-state index contributed by atoms with van der Waals surface area (Å²) in [5.74, 6) is 0.148. The summed E-state index contributed by atoms with van der Waals surface area (Å²) in [6.07, 6.45) is 0.833. The Labute approximate surface area is 114 Å². The zero-order valence-corrected chi connectivity index (χ0v) is 11.4. The molecule has 0 bridgehead atoms. The Morgan fingerprint density at radius 2 is 2.16 bits per heavy atom. The first-order valence-corrected chi connectivity index (χ1v) is 6.86. The average Bonchev–Trinajstić information content (AvgIpc) is 2.85. The Bertz CT molecular complexity index is 408. The van der Waals surface area contributed by atoms with Crippen LogP contribution < -0.4 is 5.73 Å². The van der Waals surface area contributed by atoms with Crippen molar-refractivity contribution >= 4 is 5.91 Å². The molecule has 0 radical (unpaired) electrons. The number of carbonyl (C=O) groups excluding carboxylic acids is 1. The number of carbonyl (C=O) groups is 1. The minimum Gasteiger partial charge on any atom is -0.378 e. The van der Waals surface area contributed by atoms with Crippen LogP contribution in [0.2, 0.25) is 0 Å². The molecule has 0 saturated carbocycles. The lowest BCUT2D eigenvalue weighted by atomic mass is 10.0. The number of nitrogens with zero attached hydrogens (tertiary/aromatic N) is 1. The molecule has 4 heteroatoms. The number of amides is 1. The molecule has 1 fully saturated rings. The minimum absolute atomic E-state index is 0.0172. The van der Waals surface area contributed by atoms with Crippen molar-refractivity contribution in [3.05, 3.63) is 35.9 Å². The Morgan fingerprint density at radius 1 is 1.42 bits per heavy atom. The summed E-state index contributed by atoms with van der Waals surface area (Å²) in [7, 11) is 0. The highest BCUT2D eigenvalue weighted by atomic mass is 16.5. The maximum atomic E-state index is 12.5. The molecule has 1 saturated heterocycles. The fourth-order valence-electron chi connectivity index (χ4n) is 2.52. The van der Waals surface area contributed by atoms with E-state index in [1.807, 2.05) is 42.2 Å². The zero-order valence-electron chi connectivity index (χ0n) is 11.4. The van der Waals surface area contributed by atoms with Gasteiger partial charge >= 0.3 is 0 Å². The average molecular weight is 262 g/mol. The first kappa shape index (κ1) is 14.0. The largest absolute Gasteiger partial charge is 0.378 e. The van der Waals surface area contributed by atoms with Crippen LogP contribution in [0.25, 0.3) is 0 Å². The molecule has 1 heterocycles. The van der Waals surface area contributed by atoms with Gasteiger partial charge in [0.05, 0.1) is 12.0 Å². The molecule has 2 unspecified atom stereocenters. The third kappa shape index (κ3) is 3.55. The van der Waals surface area contributed by atoms with E-state index in [0.29, 0.717) is 26.2 Å². The van der Waals surface area contributed by atoms with Crippen molar-refractivity contribution < 1.29 is 9.53 Å². The maximum Gasteiger partial charge on any atom is 0.228 e. The standard InChI is InChI=1S/C15H22N2O2/c1-12-14(7-10-19-12)15(18)17(9-8-16)11-13-5-3-2-4-6-13/h2-6,12,14H,7-11,16H2,1H3. The SMILES string of the molecule is CC1OCCC1C(=O)N(CCN)Cc1ccccc1. The summed E-state index contributed by atoms with van der Waals surface area (Å²) >= 11 is 0. The first-order valence-electron chi connectivity index (χ1n) is 6.86. The predicted octanol–water partition coefficient (Wildman–Crippen LogP) is 1.40. The normalized spacial score (nSPS) is 22.4. The number of rotatable bonds is 5. The molecule has 0 aromatic heterocycles. The molecule has 2 rings (SSSR count). The molecular weight excluding hydrogens is 240 g/mol. The van der Waals surface area contributed by atoms with E-state index in [-0.39, 0.29) is 17.9 Å². The van der Waals surface area contributed by atoms with Gasteiger partial charge in [0.15, 0.2) is 0 Å². The van der Waals surface area contributed by atoms with E-state index >= 15 is 0 Å². The highest BCUT2D eigenvalue weighted by Crippen LogP contribution is 2.23. The molecule has 1 aliphatic heterocycles. The van der Waals surface area contributed by atoms with Gasteiger partial charge in [0.2, 0.25) is 5.91 Å². The van der Waals surface area contributed by atoms with Crippen LogP contribution in [0.4, 0.5) is 0 Å². The zero-order chi connectivity index (χ0) is 13.7. The molecule has 1 aromatic rings. The summed E-state index contributed by atoms with van der Waals surface area (Å²) < 4.78 is 5.49. The van der Waals surface area contributed by atoms with Crippen LogP contribution in [0.3, 0.4) is 0 Å². The van der Waals surface area contributed by atoms with Crippen LogP contribution >= 0.6 is 0 Å².